The summed E-state index contributed by atoms with van der Waals surface area (Å²) in [4.78, 5) is 17.6. The van der Waals surface area contributed by atoms with Gasteiger partial charge in [0.1, 0.15) is 17.2 Å². The third kappa shape index (κ3) is 3.42. The Bertz CT molecular complexity index is 647. The number of hydrogen-bond donors (Lipinski definition) is 1. The summed E-state index contributed by atoms with van der Waals surface area (Å²) in [5.41, 5.74) is 2.41. The SMILES string of the molecule is Cc1cc(C(C)Nc2ccnc(C(=O)N(C)C)c2)c(C)o1. The Balaban J connectivity index is 2.18. The highest BCUT2D eigenvalue weighted by Gasteiger charge is 2.14. The molecule has 0 radical (unpaired) electrons. The zero-order valence-electron chi connectivity index (χ0n) is 13.1. The van der Waals surface area contributed by atoms with Crippen LogP contribution in [-0.4, -0.2) is 29.9 Å². The van der Waals surface area contributed by atoms with Crippen molar-refractivity contribution < 1.29 is 9.21 Å². The number of aromatic nitrogens is 1. The van der Waals surface area contributed by atoms with Crippen molar-refractivity contribution in [3.63, 3.8) is 0 Å². The Labute approximate surface area is 125 Å². The van der Waals surface area contributed by atoms with E-state index in [1.165, 1.54) is 4.90 Å². The van der Waals surface area contributed by atoms with Crippen LogP contribution in [-0.2, 0) is 0 Å². The first kappa shape index (κ1) is 15.1. The number of amides is 1. The average Bonchev–Trinajstić information content (AvgIpc) is 2.77. The number of pyridine rings is 1. The number of rotatable bonds is 4. The number of carbonyl (C=O) groups is 1. The van der Waals surface area contributed by atoms with Gasteiger partial charge >= 0.3 is 0 Å². The molecule has 0 fully saturated rings. The molecular formula is C16H21N3O2. The normalized spacial score (nSPS) is 12.0. The lowest BCUT2D eigenvalue weighted by atomic mass is 10.1. The molecule has 21 heavy (non-hydrogen) atoms. The second-order valence-corrected chi connectivity index (χ2v) is 5.36. The molecule has 0 aromatic carbocycles. The fourth-order valence-corrected chi connectivity index (χ4v) is 2.27. The molecule has 1 unspecified atom stereocenters. The van der Waals surface area contributed by atoms with Crippen molar-refractivity contribution in [1.29, 1.82) is 0 Å². The van der Waals surface area contributed by atoms with E-state index in [1.54, 1.807) is 26.4 Å². The van der Waals surface area contributed by atoms with Crippen LogP contribution in [0.3, 0.4) is 0 Å². The molecule has 0 spiro atoms. The summed E-state index contributed by atoms with van der Waals surface area (Å²) in [5.74, 6) is 1.70. The number of nitrogens with zero attached hydrogens (tertiary/aromatic N) is 2. The molecule has 1 amide bonds. The summed E-state index contributed by atoms with van der Waals surface area (Å²) >= 11 is 0. The molecule has 0 saturated carbocycles. The topological polar surface area (TPSA) is 58.4 Å². The van der Waals surface area contributed by atoms with Crippen LogP contribution in [0.5, 0.6) is 0 Å². The van der Waals surface area contributed by atoms with Crippen LogP contribution in [0.1, 0.15) is 40.5 Å². The third-order valence-electron chi connectivity index (χ3n) is 3.31. The summed E-state index contributed by atoms with van der Waals surface area (Å²) in [6.07, 6.45) is 1.64. The van der Waals surface area contributed by atoms with Crippen LogP contribution in [0, 0.1) is 13.8 Å². The first-order chi connectivity index (χ1) is 9.88. The molecule has 5 nitrogen and oxygen atoms in total. The van der Waals surface area contributed by atoms with E-state index in [1.807, 2.05) is 26.0 Å². The van der Waals surface area contributed by atoms with Gasteiger partial charge in [0.15, 0.2) is 0 Å². The second-order valence-electron chi connectivity index (χ2n) is 5.36. The summed E-state index contributed by atoms with van der Waals surface area (Å²) in [6.45, 7) is 5.95. The largest absolute Gasteiger partial charge is 0.466 e. The monoisotopic (exact) mass is 287 g/mol. The highest BCUT2D eigenvalue weighted by atomic mass is 16.3. The van der Waals surface area contributed by atoms with Gasteiger partial charge in [-0.15, -0.1) is 0 Å². The molecule has 0 bridgehead atoms. The maximum atomic E-state index is 11.9. The number of anilines is 1. The Morgan fingerprint density at radius 2 is 2.05 bits per heavy atom. The van der Waals surface area contributed by atoms with Gasteiger partial charge in [-0.3, -0.25) is 9.78 Å². The van der Waals surface area contributed by atoms with E-state index < -0.39 is 0 Å². The summed E-state index contributed by atoms with van der Waals surface area (Å²) in [5, 5.41) is 3.38. The van der Waals surface area contributed by atoms with Gasteiger partial charge in [0.05, 0.1) is 6.04 Å². The molecule has 2 heterocycles. The predicted molar refractivity (Wildman–Crippen MR) is 82.5 cm³/mol. The van der Waals surface area contributed by atoms with E-state index in [2.05, 4.69) is 17.2 Å². The Kier molecular flexibility index (Phi) is 4.31. The highest BCUT2D eigenvalue weighted by molar-refractivity contribution is 5.92. The van der Waals surface area contributed by atoms with Crippen molar-refractivity contribution >= 4 is 11.6 Å². The Hall–Kier alpha value is -2.30. The van der Waals surface area contributed by atoms with Crippen LogP contribution < -0.4 is 5.32 Å². The number of carbonyl (C=O) groups excluding carboxylic acids is 1. The lowest BCUT2D eigenvalue weighted by Gasteiger charge is -2.16. The lowest BCUT2D eigenvalue weighted by Crippen LogP contribution is -2.22. The van der Waals surface area contributed by atoms with Crippen molar-refractivity contribution in [3.05, 3.63) is 47.2 Å². The highest BCUT2D eigenvalue weighted by Crippen LogP contribution is 2.25. The molecular weight excluding hydrogens is 266 g/mol. The molecule has 0 aliphatic carbocycles. The van der Waals surface area contributed by atoms with Crippen molar-refractivity contribution in [1.82, 2.24) is 9.88 Å². The molecule has 1 atom stereocenters. The fourth-order valence-electron chi connectivity index (χ4n) is 2.27. The number of furan rings is 1. The second kappa shape index (κ2) is 5.99. The van der Waals surface area contributed by atoms with Gasteiger partial charge < -0.3 is 14.6 Å². The quantitative estimate of drug-likeness (QED) is 0.938. The molecule has 2 rings (SSSR count). The Morgan fingerprint density at radius 3 is 2.62 bits per heavy atom. The minimum atomic E-state index is -0.110. The van der Waals surface area contributed by atoms with Crippen LogP contribution in [0.2, 0.25) is 0 Å². The number of aryl methyl sites for hydroxylation is 2. The van der Waals surface area contributed by atoms with E-state index in [0.29, 0.717) is 5.69 Å². The standard InChI is InChI=1S/C16H21N3O2/c1-10-8-14(12(3)21-10)11(2)18-13-6-7-17-15(9-13)16(20)19(4)5/h6-9,11H,1-5H3,(H,17,18). The van der Waals surface area contributed by atoms with Gasteiger partial charge in [0, 0.05) is 31.5 Å². The van der Waals surface area contributed by atoms with Crippen LogP contribution in [0.4, 0.5) is 5.69 Å². The molecule has 0 saturated heterocycles. The van der Waals surface area contributed by atoms with Crippen LogP contribution in [0.25, 0.3) is 0 Å². The third-order valence-corrected chi connectivity index (χ3v) is 3.31. The van der Waals surface area contributed by atoms with Gasteiger partial charge in [0.25, 0.3) is 5.91 Å². The van der Waals surface area contributed by atoms with Crippen molar-refractivity contribution in [2.75, 3.05) is 19.4 Å². The van der Waals surface area contributed by atoms with E-state index in [9.17, 15) is 4.79 Å². The van der Waals surface area contributed by atoms with Crippen molar-refractivity contribution in [3.8, 4) is 0 Å². The number of hydrogen-bond acceptors (Lipinski definition) is 4. The van der Waals surface area contributed by atoms with Crippen LogP contribution >= 0.6 is 0 Å². The smallest absolute Gasteiger partial charge is 0.272 e. The van der Waals surface area contributed by atoms with Crippen LogP contribution in [0.15, 0.2) is 28.8 Å². The average molecular weight is 287 g/mol. The zero-order chi connectivity index (χ0) is 15.6. The predicted octanol–water partition coefficient (Wildman–Crippen LogP) is 3.17. The maximum absolute atomic E-state index is 11.9. The fraction of sp³-hybridized carbons (Fsp3) is 0.375. The molecule has 5 heteroatoms. The van der Waals surface area contributed by atoms with Gasteiger partial charge in [0.2, 0.25) is 0 Å². The van der Waals surface area contributed by atoms with E-state index in [4.69, 9.17) is 4.42 Å². The van der Waals surface area contributed by atoms with Crippen molar-refractivity contribution in [2.24, 2.45) is 0 Å². The molecule has 1 N–H and O–H groups in total. The molecule has 0 aliphatic heterocycles. The molecule has 2 aromatic rings. The van der Waals surface area contributed by atoms with E-state index >= 15 is 0 Å². The summed E-state index contributed by atoms with van der Waals surface area (Å²) in [6, 6.07) is 5.74. The summed E-state index contributed by atoms with van der Waals surface area (Å²) < 4.78 is 5.55. The zero-order valence-corrected chi connectivity index (χ0v) is 13.1. The van der Waals surface area contributed by atoms with Gasteiger partial charge in [-0.25, -0.2) is 0 Å². The maximum Gasteiger partial charge on any atom is 0.272 e. The summed E-state index contributed by atoms with van der Waals surface area (Å²) in [7, 11) is 3.43. The first-order valence-electron chi connectivity index (χ1n) is 6.89. The van der Waals surface area contributed by atoms with Gasteiger partial charge in [-0.1, -0.05) is 0 Å². The first-order valence-corrected chi connectivity index (χ1v) is 6.89. The Morgan fingerprint density at radius 1 is 1.33 bits per heavy atom. The molecule has 112 valence electrons. The van der Waals surface area contributed by atoms with E-state index in [-0.39, 0.29) is 11.9 Å². The van der Waals surface area contributed by atoms with E-state index in [0.717, 1.165) is 22.8 Å². The van der Waals surface area contributed by atoms with Gasteiger partial charge in [-0.2, -0.15) is 0 Å². The molecule has 0 aliphatic rings. The minimum absolute atomic E-state index is 0.0900. The molecule has 2 aromatic heterocycles. The lowest BCUT2D eigenvalue weighted by molar-refractivity contribution is 0.0822. The minimum Gasteiger partial charge on any atom is -0.466 e. The van der Waals surface area contributed by atoms with Crippen molar-refractivity contribution in [2.45, 2.75) is 26.8 Å². The number of nitrogens with one attached hydrogen (secondary N) is 1. The van der Waals surface area contributed by atoms with Gasteiger partial charge in [-0.05, 0) is 39.0 Å².